The van der Waals surface area contributed by atoms with Crippen LogP contribution in [0.2, 0.25) is 5.02 Å². The maximum absolute atomic E-state index is 13.9. The van der Waals surface area contributed by atoms with Crippen LogP contribution in [0.15, 0.2) is 36.5 Å². The molecule has 2 aromatic rings. The average molecular weight is 295 g/mol. The summed E-state index contributed by atoms with van der Waals surface area (Å²) in [6, 6.07) is 8.45. The molecule has 0 aliphatic carbocycles. The van der Waals surface area contributed by atoms with Crippen molar-refractivity contribution in [3.8, 4) is 0 Å². The molecule has 0 radical (unpaired) electrons. The van der Waals surface area contributed by atoms with Gasteiger partial charge in [-0.1, -0.05) is 29.8 Å². The Labute approximate surface area is 121 Å². The fraction of sp³-hybridized carbons (Fsp3) is 0.214. The second kappa shape index (κ2) is 6.65. The topological polar surface area (TPSA) is 77.0 Å². The molecule has 2 rings (SSSR count). The van der Waals surface area contributed by atoms with Crippen molar-refractivity contribution >= 4 is 17.4 Å². The number of nitrogens with two attached hydrogens (primary N) is 2. The monoisotopic (exact) mass is 294 g/mol. The number of halogens is 2. The van der Waals surface area contributed by atoms with Gasteiger partial charge < -0.3 is 5.73 Å². The molecule has 1 aromatic heterocycles. The van der Waals surface area contributed by atoms with Gasteiger partial charge in [0.1, 0.15) is 11.6 Å². The Morgan fingerprint density at radius 3 is 2.60 bits per heavy atom. The molecule has 0 aliphatic rings. The van der Waals surface area contributed by atoms with E-state index in [2.05, 4.69) is 10.4 Å². The van der Waals surface area contributed by atoms with Gasteiger partial charge in [0.25, 0.3) is 0 Å². The summed E-state index contributed by atoms with van der Waals surface area (Å²) in [5, 5.41) is 0.110. The smallest absolute Gasteiger partial charge is 0.145 e. The minimum Gasteiger partial charge on any atom is -0.383 e. The second-order valence-electron chi connectivity index (χ2n) is 4.53. The highest BCUT2D eigenvalue weighted by atomic mass is 35.5. The number of anilines is 1. The number of aromatic nitrogens is 1. The summed E-state index contributed by atoms with van der Waals surface area (Å²) >= 11 is 5.77. The maximum Gasteiger partial charge on any atom is 0.145 e. The van der Waals surface area contributed by atoms with Crippen molar-refractivity contribution in [2.24, 2.45) is 5.84 Å². The zero-order valence-corrected chi connectivity index (χ0v) is 11.6. The molecular formula is C14H16ClFN4. The molecule has 0 saturated carbocycles. The molecule has 0 amide bonds. The van der Waals surface area contributed by atoms with Gasteiger partial charge in [0.05, 0.1) is 5.02 Å². The van der Waals surface area contributed by atoms with E-state index < -0.39 is 5.82 Å². The molecule has 5 N–H and O–H groups in total. The Morgan fingerprint density at radius 2 is 1.90 bits per heavy atom. The lowest BCUT2D eigenvalue weighted by Gasteiger charge is -2.17. The van der Waals surface area contributed by atoms with E-state index >= 15 is 0 Å². The first kappa shape index (κ1) is 14.7. The fourth-order valence-electron chi connectivity index (χ4n) is 2.05. The fourth-order valence-corrected chi connectivity index (χ4v) is 2.24. The van der Waals surface area contributed by atoms with Crippen molar-refractivity contribution in [3.05, 3.63) is 58.5 Å². The van der Waals surface area contributed by atoms with Crippen molar-refractivity contribution < 1.29 is 4.39 Å². The molecular weight excluding hydrogens is 279 g/mol. The first-order chi connectivity index (χ1) is 9.61. The van der Waals surface area contributed by atoms with Gasteiger partial charge in [0.15, 0.2) is 0 Å². The summed E-state index contributed by atoms with van der Waals surface area (Å²) in [4.78, 5) is 4.02. The Bertz CT molecular complexity index is 591. The lowest BCUT2D eigenvalue weighted by atomic mass is 9.99. The highest BCUT2D eigenvalue weighted by Crippen LogP contribution is 2.20. The van der Waals surface area contributed by atoms with Crippen LogP contribution in [-0.4, -0.2) is 11.0 Å². The Kier molecular flexibility index (Phi) is 4.89. The van der Waals surface area contributed by atoms with Crippen LogP contribution < -0.4 is 17.0 Å². The number of hydrogen-bond donors (Lipinski definition) is 3. The summed E-state index contributed by atoms with van der Waals surface area (Å²) < 4.78 is 13.9. The number of rotatable bonds is 5. The van der Waals surface area contributed by atoms with E-state index in [1.165, 1.54) is 6.07 Å². The van der Waals surface area contributed by atoms with Crippen molar-refractivity contribution in [1.29, 1.82) is 0 Å². The average Bonchev–Trinajstić information content (AvgIpc) is 2.45. The molecule has 1 atom stereocenters. The molecule has 6 heteroatoms. The zero-order valence-electron chi connectivity index (χ0n) is 10.8. The number of hydrazine groups is 1. The van der Waals surface area contributed by atoms with E-state index in [1.54, 1.807) is 24.4 Å². The van der Waals surface area contributed by atoms with Gasteiger partial charge in [0, 0.05) is 12.2 Å². The summed E-state index contributed by atoms with van der Waals surface area (Å²) in [6.07, 6.45) is 2.60. The first-order valence-corrected chi connectivity index (χ1v) is 6.58. The van der Waals surface area contributed by atoms with E-state index in [0.29, 0.717) is 24.2 Å². The summed E-state index contributed by atoms with van der Waals surface area (Å²) in [6.45, 7) is 0. The second-order valence-corrected chi connectivity index (χ2v) is 4.94. The molecule has 4 nitrogen and oxygen atoms in total. The number of benzene rings is 1. The van der Waals surface area contributed by atoms with Crippen molar-refractivity contribution in [1.82, 2.24) is 10.4 Å². The van der Waals surface area contributed by atoms with Gasteiger partial charge in [-0.25, -0.2) is 9.37 Å². The van der Waals surface area contributed by atoms with E-state index in [4.69, 9.17) is 23.2 Å². The van der Waals surface area contributed by atoms with Crippen LogP contribution in [0.4, 0.5) is 10.2 Å². The minimum absolute atomic E-state index is 0.110. The van der Waals surface area contributed by atoms with Crippen LogP contribution >= 0.6 is 11.6 Å². The van der Waals surface area contributed by atoms with Crippen molar-refractivity contribution in [3.63, 3.8) is 0 Å². The third-order valence-corrected chi connectivity index (χ3v) is 3.42. The molecule has 20 heavy (non-hydrogen) atoms. The number of nitrogens with zero attached hydrogens (tertiary/aromatic N) is 1. The van der Waals surface area contributed by atoms with Gasteiger partial charge in [-0.05, 0) is 36.1 Å². The normalized spacial score (nSPS) is 12.3. The summed E-state index contributed by atoms with van der Waals surface area (Å²) in [5.41, 5.74) is 9.87. The molecule has 0 aliphatic heterocycles. The predicted molar refractivity (Wildman–Crippen MR) is 78.6 cm³/mol. The minimum atomic E-state index is -0.409. The Balaban J connectivity index is 2.14. The lowest BCUT2D eigenvalue weighted by Crippen LogP contribution is -2.38. The number of nitrogens with one attached hydrogen (secondary N) is 1. The summed E-state index contributed by atoms with van der Waals surface area (Å²) in [7, 11) is 0. The highest BCUT2D eigenvalue weighted by Gasteiger charge is 2.14. The quantitative estimate of drug-likeness (QED) is 0.583. The molecule has 0 fully saturated rings. The van der Waals surface area contributed by atoms with Crippen LogP contribution in [0.25, 0.3) is 0 Å². The van der Waals surface area contributed by atoms with Crippen LogP contribution in [0.3, 0.4) is 0 Å². The third kappa shape index (κ3) is 3.45. The molecule has 1 unspecified atom stereocenters. The van der Waals surface area contributed by atoms with Gasteiger partial charge >= 0.3 is 0 Å². The summed E-state index contributed by atoms with van der Waals surface area (Å²) in [5.74, 6) is 5.59. The maximum atomic E-state index is 13.9. The molecule has 0 saturated heterocycles. The third-order valence-electron chi connectivity index (χ3n) is 3.13. The van der Waals surface area contributed by atoms with E-state index in [9.17, 15) is 4.39 Å². The Morgan fingerprint density at radius 1 is 1.20 bits per heavy atom. The van der Waals surface area contributed by atoms with Crippen LogP contribution in [0.1, 0.15) is 11.1 Å². The zero-order chi connectivity index (χ0) is 14.5. The van der Waals surface area contributed by atoms with Crippen LogP contribution in [0, 0.1) is 5.82 Å². The molecule has 106 valence electrons. The van der Waals surface area contributed by atoms with Crippen molar-refractivity contribution in [2.75, 3.05) is 5.73 Å². The van der Waals surface area contributed by atoms with E-state index in [-0.39, 0.29) is 11.1 Å². The standard InChI is InChI=1S/C14H16ClFN4/c15-12-5-1-3-9(13(12)16)7-11(20-18)8-10-4-2-6-19-14(10)17/h1-6,11,20H,7-8,18H2,(H2,17,19). The molecule has 1 heterocycles. The van der Waals surface area contributed by atoms with Crippen LogP contribution in [-0.2, 0) is 12.8 Å². The number of hydrogen-bond acceptors (Lipinski definition) is 4. The van der Waals surface area contributed by atoms with Gasteiger partial charge in [-0.3, -0.25) is 11.3 Å². The number of nitrogen functional groups attached to an aromatic ring is 1. The lowest BCUT2D eigenvalue weighted by molar-refractivity contribution is 0.506. The highest BCUT2D eigenvalue weighted by molar-refractivity contribution is 6.30. The Hall–Kier alpha value is -1.69. The van der Waals surface area contributed by atoms with E-state index in [1.807, 2.05) is 6.07 Å². The van der Waals surface area contributed by atoms with Gasteiger partial charge in [-0.2, -0.15) is 0 Å². The van der Waals surface area contributed by atoms with Gasteiger partial charge in [-0.15, -0.1) is 0 Å². The molecule has 0 spiro atoms. The predicted octanol–water partition coefficient (Wildman–Crippen LogP) is 2.07. The van der Waals surface area contributed by atoms with Crippen molar-refractivity contribution in [2.45, 2.75) is 18.9 Å². The largest absolute Gasteiger partial charge is 0.383 e. The van der Waals surface area contributed by atoms with E-state index in [0.717, 1.165) is 5.56 Å². The van der Waals surface area contributed by atoms with Gasteiger partial charge in [0.2, 0.25) is 0 Å². The molecule has 1 aromatic carbocycles. The van der Waals surface area contributed by atoms with Crippen LogP contribution in [0.5, 0.6) is 0 Å². The number of pyridine rings is 1. The molecule has 0 bridgehead atoms. The first-order valence-electron chi connectivity index (χ1n) is 6.20. The SMILES string of the molecule is NNC(Cc1cccnc1N)Cc1cccc(Cl)c1F.